The molecule has 0 spiro atoms. The molecule has 0 unspecified atom stereocenters. The van der Waals surface area contributed by atoms with Gasteiger partial charge in [-0.2, -0.15) is 5.10 Å². The SMILES string of the molecule is CSc1n[nH]c2c1CCN(C(C)=O)C2. The molecule has 0 saturated carbocycles. The van der Waals surface area contributed by atoms with Crippen molar-refractivity contribution in [1.82, 2.24) is 15.1 Å². The third-order valence-electron chi connectivity index (χ3n) is 2.53. The van der Waals surface area contributed by atoms with Crippen LogP contribution in [-0.4, -0.2) is 33.8 Å². The number of nitrogens with one attached hydrogen (secondary N) is 1. The molecule has 1 N–H and O–H groups in total. The number of rotatable bonds is 1. The van der Waals surface area contributed by atoms with E-state index in [-0.39, 0.29) is 5.91 Å². The molecule has 0 aliphatic carbocycles. The van der Waals surface area contributed by atoms with E-state index in [1.807, 2.05) is 11.2 Å². The van der Waals surface area contributed by atoms with E-state index in [9.17, 15) is 4.79 Å². The van der Waals surface area contributed by atoms with Gasteiger partial charge in [0.1, 0.15) is 5.03 Å². The fraction of sp³-hybridized carbons (Fsp3) is 0.556. The Bertz CT molecular complexity index is 361. The smallest absolute Gasteiger partial charge is 0.219 e. The molecule has 0 bridgehead atoms. The summed E-state index contributed by atoms with van der Waals surface area (Å²) >= 11 is 1.65. The van der Waals surface area contributed by atoms with E-state index in [0.717, 1.165) is 23.7 Å². The minimum absolute atomic E-state index is 0.135. The maximum atomic E-state index is 11.2. The number of nitrogens with zero attached hydrogens (tertiary/aromatic N) is 2. The van der Waals surface area contributed by atoms with Crippen LogP contribution in [0.3, 0.4) is 0 Å². The topological polar surface area (TPSA) is 49.0 Å². The van der Waals surface area contributed by atoms with Gasteiger partial charge in [-0.05, 0) is 12.7 Å². The van der Waals surface area contributed by atoms with Crippen LogP contribution in [0.2, 0.25) is 0 Å². The van der Waals surface area contributed by atoms with Crippen LogP contribution >= 0.6 is 11.8 Å². The maximum Gasteiger partial charge on any atom is 0.219 e. The van der Waals surface area contributed by atoms with Gasteiger partial charge in [0, 0.05) is 19.0 Å². The second-order valence-corrected chi connectivity index (χ2v) is 4.18. The quantitative estimate of drug-likeness (QED) is 0.706. The van der Waals surface area contributed by atoms with Crippen LogP contribution in [0.25, 0.3) is 0 Å². The highest BCUT2D eigenvalue weighted by atomic mass is 32.2. The Balaban J connectivity index is 2.24. The minimum atomic E-state index is 0.135. The molecule has 14 heavy (non-hydrogen) atoms. The van der Waals surface area contributed by atoms with Crippen LogP contribution in [0, 0.1) is 0 Å². The molecule has 2 heterocycles. The number of carbonyl (C=O) groups is 1. The molecule has 0 saturated heterocycles. The van der Waals surface area contributed by atoms with E-state index >= 15 is 0 Å². The monoisotopic (exact) mass is 211 g/mol. The van der Waals surface area contributed by atoms with Crippen molar-refractivity contribution in [3.05, 3.63) is 11.3 Å². The van der Waals surface area contributed by atoms with Crippen molar-refractivity contribution in [2.75, 3.05) is 12.8 Å². The molecule has 0 radical (unpaired) electrons. The number of fused-ring (bicyclic) bond motifs is 1. The van der Waals surface area contributed by atoms with Gasteiger partial charge in [-0.3, -0.25) is 9.89 Å². The Morgan fingerprint density at radius 2 is 2.43 bits per heavy atom. The lowest BCUT2D eigenvalue weighted by Gasteiger charge is -2.25. The van der Waals surface area contributed by atoms with E-state index in [0.29, 0.717) is 6.54 Å². The number of thioether (sulfide) groups is 1. The average molecular weight is 211 g/mol. The lowest BCUT2D eigenvalue weighted by Crippen LogP contribution is -2.34. The number of amides is 1. The normalized spacial score (nSPS) is 15.4. The van der Waals surface area contributed by atoms with Crippen LogP contribution in [-0.2, 0) is 17.8 Å². The highest BCUT2D eigenvalue weighted by Gasteiger charge is 2.22. The molecule has 1 aliphatic rings. The summed E-state index contributed by atoms with van der Waals surface area (Å²) in [5, 5.41) is 8.28. The Morgan fingerprint density at radius 1 is 1.64 bits per heavy atom. The van der Waals surface area contributed by atoms with Gasteiger partial charge < -0.3 is 4.90 Å². The van der Waals surface area contributed by atoms with E-state index < -0.39 is 0 Å². The summed E-state index contributed by atoms with van der Waals surface area (Å²) in [7, 11) is 0. The van der Waals surface area contributed by atoms with Crippen LogP contribution in [0.4, 0.5) is 0 Å². The fourth-order valence-electron chi connectivity index (χ4n) is 1.73. The molecule has 2 rings (SSSR count). The third kappa shape index (κ3) is 1.52. The average Bonchev–Trinajstić information content (AvgIpc) is 2.59. The zero-order valence-electron chi connectivity index (χ0n) is 8.33. The van der Waals surface area contributed by atoms with Crippen molar-refractivity contribution in [3.8, 4) is 0 Å². The highest BCUT2D eigenvalue weighted by molar-refractivity contribution is 7.98. The number of carbonyl (C=O) groups excluding carboxylic acids is 1. The van der Waals surface area contributed by atoms with Gasteiger partial charge in [-0.1, -0.05) is 0 Å². The lowest BCUT2D eigenvalue weighted by molar-refractivity contribution is -0.129. The van der Waals surface area contributed by atoms with Gasteiger partial charge in [0.25, 0.3) is 0 Å². The molecule has 1 aromatic heterocycles. The van der Waals surface area contributed by atoms with E-state index in [2.05, 4.69) is 10.2 Å². The van der Waals surface area contributed by atoms with Gasteiger partial charge in [-0.15, -0.1) is 11.8 Å². The first-order chi connectivity index (χ1) is 6.72. The van der Waals surface area contributed by atoms with Gasteiger partial charge in [0.2, 0.25) is 5.91 Å². The molecule has 76 valence electrons. The first kappa shape index (κ1) is 9.58. The third-order valence-corrected chi connectivity index (χ3v) is 3.26. The highest BCUT2D eigenvalue weighted by Crippen LogP contribution is 2.25. The summed E-state index contributed by atoms with van der Waals surface area (Å²) in [5.74, 6) is 0.135. The Hall–Kier alpha value is -0.970. The molecule has 5 heteroatoms. The van der Waals surface area contributed by atoms with Crippen molar-refractivity contribution >= 4 is 17.7 Å². The number of aromatic amines is 1. The second kappa shape index (κ2) is 3.65. The standard InChI is InChI=1S/C9H13N3OS/c1-6(13)12-4-3-7-8(5-12)10-11-9(7)14-2/h3-5H2,1-2H3,(H,10,11). The molecule has 0 atom stereocenters. The maximum absolute atomic E-state index is 11.2. The van der Waals surface area contributed by atoms with Crippen molar-refractivity contribution in [1.29, 1.82) is 0 Å². The van der Waals surface area contributed by atoms with E-state index in [4.69, 9.17) is 0 Å². The summed E-state index contributed by atoms with van der Waals surface area (Å²) in [6, 6.07) is 0. The zero-order chi connectivity index (χ0) is 10.1. The first-order valence-electron chi connectivity index (χ1n) is 4.58. The molecule has 0 aromatic carbocycles. The number of aromatic nitrogens is 2. The summed E-state index contributed by atoms with van der Waals surface area (Å²) in [4.78, 5) is 13.0. The van der Waals surface area contributed by atoms with Crippen molar-refractivity contribution in [3.63, 3.8) is 0 Å². The van der Waals surface area contributed by atoms with Gasteiger partial charge in [0.05, 0.1) is 12.2 Å². The second-order valence-electron chi connectivity index (χ2n) is 3.38. The molecule has 4 nitrogen and oxygen atoms in total. The van der Waals surface area contributed by atoms with E-state index in [1.54, 1.807) is 18.7 Å². The summed E-state index contributed by atoms with van der Waals surface area (Å²) < 4.78 is 0. The lowest BCUT2D eigenvalue weighted by atomic mass is 10.1. The molecular weight excluding hydrogens is 198 g/mol. The predicted octanol–water partition coefficient (Wildman–Crippen LogP) is 1.04. The van der Waals surface area contributed by atoms with Crippen LogP contribution in [0.5, 0.6) is 0 Å². The molecule has 0 fully saturated rings. The Kier molecular flexibility index (Phi) is 2.50. The summed E-state index contributed by atoms with van der Waals surface area (Å²) in [6.07, 6.45) is 2.94. The number of H-pyrrole nitrogens is 1. The van der Waals surface area contributed by atoms with Crippen LogP contribution < -0.4 is 0 Å². The Labute approximate surface area is 87.1 Å². The number of hydrogen-bond acceptors (Lipinski definition) is 3. The zero-order valence-corrected chi connectivity index (χ0v) is 9.15. The number of hydrogen-bond donors (Lipinski definition) is 1. The van der Waals surface area contributed by atoms with Crippen LogP contribution in [0.1, 0.15) is 18.2 Å². The van der Waals surface area contributed by atoms with Gasteiger partial charge in [-0.25, -0.2) is 0 Å². The van der Waals surface area contributed by atoms with Crippen molar-refractivity contribution in [2.24, 2.45) is 0 Å². The largest absolute Gasteiger partial charge is 0.337 e. The minimum Gasteiger partial charge on any atom is -0.337 e. The van der Waals surface area contributed by atoms with E-state index in [1.165, 1.54) is 5.56 Å². The first-order valence-corrected chi connectivity index (χ1v) is 5.80. The predicted molar refractivity (Wildman–Crippen MR) is 55.2 cm³/mol. The summed E-state index contributed by atoms with van der Waals surface area (Å²) in [6.45, 7) is 3.10. The Morgan fingerprint density at radius 3 is 3.07 bits per heavy atom. The molecule has 1 aliphatic heterocycles. The van der Waals surface area contributed by atoms with Crippen molar-refractivity contribution in [2.45, 2.75) is 24.9 Å². The molecular formula is C9H13N3OS. The molecule has 1 aromatic rings. The van der Waals surface area contributed by atoms with Gasteiger partial charge in [0.15, 0.2) is 0 Å². The van der Waals surface area contributed by atoms with Crippen molar-refractivity contribution < 1.29 is 4.79 Å². The van der Waals surface area contributed by atoms with Gasteiger partial charge >= 0.3 is 0 Å². The summed E-state index contributed by atoms with van der Waals surface area (Å²) in [5.41, 5.74) is 2.38. The molecule has 1 amide bonds. The van der Waals surface area contributed by atoms with Crippen LogP contribution in [0.15, 0.2) is 5.03 Å². The fourth-order valence-corrected chi connectivity index (χ4v) is 2.33.